The summed E-state index contributed by atoms with van der Waals surface area (Å²) in [7, 11) is 0. The summed E-state index contributed by atoms with van der Waals surface area (Å²) in [5.41, 5.74) is 2.12. The number of hydrogen-bond acceptors (Lipinski definition) is 5. The number of rotatable bonds is 4. The van der Waals surface area contributed by atoms with E-state index in [1.807, 2.05) is 17.0 Å². The maximum Gasteiger partial charge on any atom is 0.253 e. The molecule has 2 heterocycles. The van der Waals surface area contributed by atoms with Gasteiger partial charge in [0.15, 0.2) is 0 Å². The fourth-order valence-corrected chi connectivity index (χ4v) is 3.16. The lowest BCUT2D eigenvalue weighted by molar-refractivity contribution is 0.0636. The molecular weight excluding hydrogens is 328 g/mol. The van der Waals surface area contributed by atoms with Gasteiger partial charge in [0.1, 0.15) is 0 Å². The first-order valence-corrected chi connectivity index (χ1v) is 9.24. The topological polar surface area (TPSA) is 62.5 Å². The normalized spacial score (nSPS) is 16.1. The highest BCUT2D eigenvalue weighted by atomic mass is 16.4. The van der Waals surface area contributed by atoms with Gasteiger partial charge in [-0.3, -0.25) is 9.69 Å². The zero-order valence-electron chi connectivity index (χ0n) is 16.2. The molecule has 2 aromatic rings. The molecule has 6 heteroatoms. The number of carbonyl (C=O) groups excluding carboxylic acids is 1. The van der Waals surface area contributed by atoms with Gasteiger partial charge in [-0.2, -0.15) is 0 Å². The molecule has 0 aliphatic carbocycles. The maximum atomic E-state index is 12.7. The Kier molecular flexibility index (Phi) is 5.41. The third-order valence-electron chi connectivity index (χ3n) is 4.87. The first kappa shape index (κ1) is 18.6. The molecule has 6 nitrogen and oxygen atoms in total. The number of carbonyl (C=O) groups is 1. The predicted molar refractivity (Wildman–Crippen MR) is 100 cm³/mol. The van der Waals surface area contributed by atoms with Gasteiger partial charge in [0.05, 0.1) is 0 Å². The second-order valence-corrected chi connectivity index (χ2v) is 7.93. The Morgan fingerprint density at radius 2 is 1.73 bits per heavy atom. The van der Waals surface area contributed by atoms with Crippen LogP contribution in [-0.4, -0.2) is 58.6 Å². The van der Waals surface area contributed by atoms with Crippen molar-refractivity contribution < 1.29 is 9.21 Å². The molecule has 140 valence electrons. The summed E-state index contributed by atoms with van der Waals surface area (Å²) in [6, 6.07) is 8.03. The van der Waals surface area contributed by atoms with Crippen LogP contribution in [0.2, 0.25) is 0 Å². The fraction of sp³-hybridized carbons (Fsp3) is 0.550. The number of aromatic nitrogens is 2. The highest BCUT2D eigenvalue weighted by Crippen LogP contribution is 2.22. The van der Waals surface area contributed by atoms with Crippen molar-refractivity contribution in [1.29, 1.82) is 0 Å². The van der Waals surface area contributed by atoms with E-state index in [1.54, 1.807) is 6.92 Å². The van der Waals surface area contributed by atoms with Crippen molar-refractivity contribution in [2.24, 2.45) is 0 Å². The molecule has 1 aliphatic rings. The summed E-state index contributed by atoms with van der Waals surface area (Å²) in [5.74, 6) is 1.41. The first-order valence-electron chi connectivity index (χ1n) is 9.24. The van der Waals surface area contributed by atoms with Crippen LogP contribution in [0.5, 0.6) is 0 Å². The van der Waals surface area contributed by atoms with Gasteiger partial charge in [0, 0.05) is 51.6 Å². The van der Waals surface area contributed by atoms with Gasteiger partial charge in [-0.25, -0.2) is 0 Å². The zero-order valence-corrected chi connectivity index (χ0v) is 16.2. The number of benzene rings is 1. The lowest BCUT2D eigenvalue weighted by Crippen LogP contribution is -2.49. The molecule has 1 aromatic carbocycles. The van der Waals surface area contributed by atoms with Gasteiger partial charge >= 0.3 is 0 Å². The Hall–Kier alpha value is -2.21. The smallest absolute Gasteiger partial charge is 0.253 e. The molecule has 0 unspecified atom stereocenters. The van der Waals surface area contributed by atoms with E-state index in [-0.39, 0.29) is 11.3 Å². The quantitative estimate of drug-likeness (QED) is 0.843. The van der Waals surface area contributed by atoms with E-state index in [0.717, 1.165) is 44.7 Å². The lowest BCUT2D eigenvalue weighted by Gasteiger charge is -2.34. The molecule has 0 atom stereocenters. The van der Waals surface area contributed by atoms with Crippen LogP contribution in [0.3, 0.4) is 0 Å². The number of piperazine rings is 1. The van der Waals surface area contributed by atoms with E-state index in [9.17, 15) is 4.79 Å². The van der Waals surface area contributed by atoms with Crippen molar-refractivity contribution in [3.05, 3.63) is 47.2 Å². The van der Waals surface area contributed by atoms with Gasteiger partial charge in [-0.1, -0.05) is 32.9 Å². The first-order chi connectivity index (χ1) is 12.3. The molecule has 1 fully saturated rings. The zero-order chi connectivity index (χ0) is 18.7. The van der Waals surface area contributed by atoms with E-state index in [1.165, 1.54) is 5.56 Å². The minimum atomic E-state index is 0.101. The summed E-state index contributed by atoms with van der Waals surface area (Å²) in [6.45, 7) is 12.5. The predicted octanol–water partition coefficient (Wildman–Crippen LogP) is 2.68. The highest BCUT2D eigenvalue weighted by molar-refractivity contribution is 5.94. The van der Waals surface area contributed by atoms with Crippen LogP contribution in [0.4, 0.5) is 0 Å². The summed E-state index contributed by atoms with van der Waals surface area (Å²) < 4.78 is 5.41. The average Bonchev–Trinajstić information content (AvgIpc) is 3.04. The fourth-order valence-electron chi connectivity index (χ4n) is 3.16. The third-order valence-corrected chi connectivity index (χ3v) is 4.87. The van der Waals surface area contributed by atoms with Gasteiger partial charge in [-0.05, 0) is 23.1 Å². The van der Waals surface area contributed by atoms with Crippen LogP contribution in [0.25, 0.3) is 0 Å². The minimum Gasteiger partial charge on any atom is -0.426 e. The average molecular weight is 356 g/mol. The Balaban J connectivity index is 1.50. The molecule has 3 rings (SSSR count). The van der Waals surface area contributed by atoms with Crippen molar-refractivity contribution in [2.45, 2.75) is 39.5 Å². The number of amides is 1. The molecule has 1 saturated heterocycles. The van der Waals surface area contributed by atoms with Crippen LogP contribution >= 0.6 is 0 Å². The lowest BCUT2D eigenvalue weighted by atomic mass is 9.86. The van der Waals surface area contributed by atoms with Gasteiger partial charge in [-0.15, -0.1) is 10.2 Å². The standard InChI is InChI=1S/C20H28N4O2/c1-15-21-22-18(26-15)9-10-23-11-13-24(14-12-23)19(25)16-5-7-17(8-6-16)20(2,3)4/h5-8H,9-14H2,1-4H3. The van der Waals surface area contributed by atoms with Crippen LogP contribution in [0.1, 0.15) is 48.5 Å². The second kappa shape index (κ2) is 7.58. The van der Waals surface area contributed by atoms with Crippen LogP contribution < -0.4 is 0 Å². The molecule has 0 radical (unpaired) electrons. The number of hydrogen-bond donors (Lipinski definition) is 0. The van der Waals surface area contributed by atoms with E-state index >= 15 is 0 Å². The van der Waals surface area contributed by atoms with Crippen molar-refractivity contribution in [3.8, 4) is 0 Å². The summed E-state index contributed by atoms with van der Waals surface area (Å²) in [4.78, 5) is 17.0. The van der Waals surface area contributed by atoms with E-state index in [0.29, 0.717) is 11.8 Å². The van der Waals surface area contributed by atoms with E-state index in [4.69, 9.17) is 4.42 Å². The van der Waals surface area contributed by atoms with Crippen molar-refractivity contribution in [1.82, 2.24) is 20.0 Å². The third kappa shape index (κ3) is 4.49. The molecule has 1 aromatic heterocycles. The molecule has 0 spiro atoms. The summed E-state index contributed by atoms with van der Waals surface area (Å²) in [5, 5.41) is 7.88. The Morgan fingerprint density at radius 3 is 2.27 bits per heavy atom. The van der Waals surface area contributed by atoms with Gasteiger partial charge in [0.2, 0.25) is 11.8 Å². The van der Waals surface area contributed by atoms with Crippen LogP contribution in [0.15, 0.2) is 28.7 Å². The maximum absolute atomic E-state index is 12.7. The second-order valence-electron chi connectivity index (χ2n) is 7.93. The van der Waals surface area contributed by atoms with E-state index < -0.39 is 0 Å². The Labute approximate surface area is 155 Å². The van der Waals surface area contributed by atoms with Crippen molar-refractivity contribution >= 4 is 5.91 Å². The molecule has 1 aliphatic heterocycles. The number of aryl methyl sites for hydroxylation is 1. The molecular formula is C20H28N4O2. The summed E-state index contributed by atoms with van der Waals surface area (Å²) in [6.07, 6.45) is 0.753. The Bertz CT molecular complexity index is 738. The van der Waals surface area contributed by atoms with Crippen LogP contribution in [0, 0.1) is 6.92 Å². The highest BCUT2D eigenvalue weighted by Gasteiger charge is 2.23. The van der Waals surface area contributed by atoms with E-state index in [2.05, 4.69) is 48.0 Å². The van der Waals surface area contributed by atoms with Crippen LogP contribution in [-0.2, 0) is 11.8 Å². The monoisotopic (exact) mass is 356 g/mol. The summed E-state index contributed by atoms with van der Waals surface area (Å²) >= 11 is 0. The molecule has 1 amide bonds. The molecule has 0 bridgehead atoms. The minimum absolute atomic E-state index is 0.101. The number of nitrogens with zero attached hydrogens (tertiary/aromatic N) is 4. The SMILES string of the molecule is Cc1nnc(CCN2CCN(C(=O)c3ccc(C(C)(C)C)cc3)CC2)o1. The van der Waals surface area contributed by atoms with Crippen molar-refractivity contribution in [3.63, 3.8) is 0 Å². The largest absolute Gasteiger partial charge is 0.426 e. The van der Waals surface area contributed by atoms with Gasteiger partial charge in [0.25, 0.3) is 5.91 Å². The molecule has 0 saturated carbocycles. The molecule has 0 N–H and O–H groups in total. The molecule has 26 heavy (non-hydrogen) atoms. The van der Waals surface area contributed by atoms with Gasteiger partial charge < -0.3 is 9.32 Å². The van der Waals surface area contributed by atoms with Crippen molar-refractivity contribution in [2.75, 3.05) is 32.7 Å². The Morgan fingerprint density at radius 1 is 1.08 bits per heavy atom.